The van der Waals surface area contributed by atoms with Crippen molar-refractivity contribution in [3.05, 3.63) is 29.6 Å². The molecule has 1 N–H and O–H groups in total. The zero-order valence-electron chi connectivity index (χ0n) is 12.9. The highest BCUT2D eigenvalue weighted by atomic mass is 16.5. The van der Waals surface area contributed by atoms with Gasteiger partial charge in [0.25, 0.3) is 0 Å². The molecule has 1 aliphatic rings. The van der Waals surface area contributed by atoms with Crippen molar-refractivity contribution in [3.8, 4) is 0 Å². The molecule has 4 nitrogen and oxygen atoms in total. The van der Waals surface area contributed by atoms with Crippen LogP contribution in [0.15, 0.2) is 18.3 Å². The first-order valence-electron chi connectivity index (χ1n) is 7.61. The van der Waals surface area contributed by atoms with Crippen molar-refractivity contribution in [1.82, 2.24) is 15.2 Å². The second-order valence-corrected chi connectivity index (χ2v) is 6.03. The molecule has 0 aromatic carbocycles. The number of nitrogens with zero attached hydrogens (tertiary/aromatic N) is 2. The van der Waals surface area contributed by atoms with Gasteiger partial charge in [-0.05, 0) is 31.5 Å². The third-order valence-electron chi connectivity index (χ3n) is 3.57. The molecular weight excluding hydrogens is 250 g/mol. The Balaban J connectivity index is 1.77. The molecule has 2 rings (SSSR count). The SMILES string of the molecule is CC(C)NCc1ccc(CN(C)CC2CCCO2)nc1. The monoisotopic (exact) mass is 277 g/mol. The molecule has 20 heavy (non-hydrogen) atoms. The second kappa shape index (κ2) is 7.72. The zero-order chi connectivity index (χ0) is 14.4. The fourth-order valence-electron chi connectivity index (χ4n) is 2.45. The van der Waals surface area contributed by atoms with E-state index in [9.17, 15) is 0 Å². The van der Waals surface area contributed by atoms with Gasteiger partial charge in [-0.15, -0.1) is 0 Å². The summed E-state index contributed by atoms with van der Waals surface area (Å²) < 4.78 is 5.66. The summed E-state index contributed by atoms with van der Waals surface area (Å²) in [6.45, 7) is 8.00. The highest BCUT2D eigenvalue weighted by molar-refractivity contribution is 5.14. The Morgan fingerprint density at radius 3 is 2.90 bits per heavy atom. The predicted molar refractivity (Wildman–Crippen MR) is 81.5 cm³/mol. The van der Waals surface area contributed by atoms with Gasteiger partial charge in [0, 0.05) is 38.5 Å². The van der Waals surface area contributed by atoms with Crippen LogP contribution in [-0.2, 0) is 17.8 Å². The number of nitrogens with one attached hydrogen (secondary N) is 1. The molecule has 0 amide bonds. The van der Waals surface area contributed by atoms with Crippen LogP contribution in [0.3, 0.4) is 0 Å². The summed E-state index contributed by atoms with van der Waals surface area (Å²) >= 11 is 0. The number of rotatable bonds is 7. The Hall–Kier alpha value is -0.970. The predicted octanol–water partition coefficient (Wildman–Crippen LogP) is 2.19. The number of likely N-dealkylation sites (N-methyl/N-ethyl adjacent to an activating group) is 1. The topological polar surface area (TPSA) is 37.4 Å². The molecule has 0 bridgehead atoms. The third kappa shape index (κ3) is 5.19. The van der Waals surface area contributed by atoms with E-state index in [1.165, 1.54) is 18.4 Å². The lowest BCUT2D eigenvalue weighted by Gasteiger charge is -2.20. The van der Waals surface area contributed by atoms with Crippen LogP contribution in [0, 0.1) is 0 Å². The van der Waals surface area contributed by atoms with E-state index in [0.717, 1.165) is 31.9 Å². The normalized spacial score (nSPS) is 19.1. The van der Waals surface area contributed by atoms with Crippen molar-refractivity contribution in [2.24, 2.45) is 0 Å². The molecule has 1 aromatic heterocycles. The van der Waals surface area contributed by atoms with Crippen molar-refractivity contribution in [3.63, 3.8) is 0 Å². The minimum absolute atomic E-state index is 0.412. The summed E-state index contributed by atoms with van der Waals surface area (Å²) in [5.41, 5.74) is 2.36. The first-order chi connectivity index (χ1) is 9.63. The fraction of sp³-hybridized carbons (Fsp3) is 0.688. The van der Waals surface area contributed by atoms with Crippen LogP contribution in [0.2, 0.25) is 0 Å². The average molecular weight is 277 g/mol. The van der Waals surface area contributed by atoms with Gasteiger partial charge in [0.2, 0.25) is 0 Å². The molecule has 0 spiro atoms. The van der Waals surface area contributed by atoms with Gasteiger partial charge in [-0.1, -0.05) is 19.9 Å². The summed E-state index contributed by atoms with van der Waals surface area (Å²) in [6, 6.07) is 4.80. The lowest BCUT2D eigenvalue weighted by molar-refractivity contribution is 0.0790. The molecule has 112 valence electrons. The van der Waals surface area contributed by atoms with Crippen molar-refractivity contribution < 1.29 is 4.74 Å². The summed E-state index contributed by atoms with van der Waals surface area (Å²) in [7, 11) is 2.14. The molecule has 4 heteroatoms. The maximum Gasteiger partial charge on any atom is 0.0702 e. The standard InChI is InChI=1S/C16H27N3O/c1-13(2)17-9-14-6-7-15(18-10-14)11-19(3)12-16-5-4-8-20-16/h6-7,10,13,16-17H,4-5,8-9,11-12H2,1-3H3. The Morgan fingerprint density at radius 1 is 1.45 bits per heavy atom. The number of hydrogen-bond acceptors (Lipinski definition) is 4. The summed E-state index contributed by atoms with van der Waals surface area (Å²) in [6.07, 6.45) is 4.78. The van der Waals surface area contributed by atoms with E-state index >= 15 is 0 Å². The minimum atomic E-state index is 0.412. The smallest absolute Gasteiger partial charge is 0.0702 e. The highest BCUT2D eigenvalue weighted by Gasteiger charge is 2.17. The number of pyridine rings is 1. The maximum absolute atomic E-state index is 5.66. The van der Waals surface area contributed by atoms with Gasteiger partial charge in [-0.25, -0.2) is 0 Å². The molecule has 1 aromatic rings. The molecule has 1 atom stereocenters. The Morgan fingerprint density at radius 2 is 2.30 bits per heavy atom. The Labute approximate surface area is 122 Å². The van der Waals surface area contributed by atoms with Crippen LogP contribution in [0.5, 0.6) is 0 Å². The van der Waals surface area contributed by atoms with E-state index < -0.39 is 0 Å². The van der Waals surface area contributed by atoms with E-state index in [4.69, 9.17) is 4.74 Å². The molecule has 1 fully saturated rings. The van der Waals surface area contributed by atoms with Crippen LogP contribution in [0.4, 0.5) is 0 Å². The van der Waals surface area contributed by atoms with Crippen LogP contribution >= 0.6 is 0 Å². The van der Waals surface area contributed by atoms with Gasteiger partial charge in [-0.2, -0.15) is 0 Å². The van der Waals surface area contributed by atoms with Crippen LogP contribution in [-0.4, -0.2) is 42.2 Å². The van der Waals surface area contributed by atoms with Crippen molar-refractivity contribution >= 4 is 0 Å². The van der Waals surface area contributed by atoms with Crippen LogP contribution < -0.4 is 5.32 Å². The lowest BCUT2D eigenvalue weighted by atomic mass is 10.2. The van der Waals surface area contributed by atoms with E-state index in [1.54, 1.807) is 0 Å². The van der Waals surface area contributed by atoms with Crippen LogP contribution in [0.1, 0.15) is 37.9 Å². The maximum atomic E-state index is 5.66. The molecule has 1 unspecified atom stereocenters. The summed E-state index contributed by atoms with van der Waals surface area (Å²) in [4.78, 5) is 6.84. The molecule has 1 saturated heterocycles. The first-order valence-corrected chi connectivity index (χ1v) is 7.61. The lowest BCUT2D eigenvalue weighted by Crippen LogP contribution is -2.28. The van der Waals surface area contributed by atoms with E-state index in [1.807, 2.05) is 6.20 Å². The zero-order valence-corrected chi connectivity index (χ0v) is 12.9. The molecule has 2 heterocycles. The Bertz CT molecular complexity index is 385. The van der Waals surface area contributed by atoms with E-state index in [2.05, 4.69) is 48.2 Å². The van der Waals surface area contributed by atoms with Gasteiger partial charge in [-0.3, -0.25) is 9.88 Å². The van der Waals surface area contributed by atoms with Gasteiger partial charge in [0.15, 0.2) is 0 Å². The molecule has 0 saturated carbocycles. The molecule has 1 aliphatic heterocycles. The number of hydrogen-bond donors (Lipinski definition) is 1. The van der Waals surface area contributed by atoms with Gasteiger partial charge >= 0.3 is 0 Å². The third-order valence-corrected chi connectivity index (χ3v) is 3.57. The van der Waals surface area contributed by atoms with Gasteiger partial charge < -0.3 is 10.1 Å². The van der Waals surface area contributed by atoms with Gasteiger partial charge in [0.05, 0.1) is 11.8 Å². The van der Waals surface area contributed by atoms with E-state index in [0.29, 0.717) is 12.1 Å². The van der Waals surface area contributed by atoms with E-state index in [-0.39, 0.29) is 0 Å². The molecule has 0 radical (unpaired) electrons. The summed E-state index contributed by atoms with van der Waals surface area (Å²) in [5, 5.41) is 3.40. The van der Waals surface area contributed by atoms with Crippen LogP contribution in [0.25, 0.3) is 0 Å². The minimum Gasteiger partial charge on any atom is -0.377 e. The number of ether oxygens (including phenoxy) is 1. The quantitative estimate of drug-likeness (QED) is 0.829. The summed E-state index contributed by atoms with van der Waals surface area (Å²) in [5.74, 6) is 0. The Kier molecular flexibility index (Phi) is 5.95. The van der Waals surface area contributed by atoms with Crippen molar-refractivity contribution in [1.29, 1.82) is 0 Å². The molecular formula is C16H27N3O. The fourth-order valence-corrected chi connectivity index (χ4v) is 2.45. The molecule has 0 aliphatic carbocycles. The second-order valence-electron chi connectivity index (χ2n) is 6.03. The highest BCUT2D eigenvalue weighted by Crippen LogP contribution is 2.13. The number of aromatic nitrogens is 1. The van der Waals surface area contributed by atoms with Crippen molar-refractivity contribution in [2.45, 2.75) is 51.9 Å². The average Bonchev–Trinajstić information content (AvgIpc) is 2.90. The first kappa shape index (κ1) is 15.4. The van der Waals surface area contributed by atoms with Gasteiger partial charge in [0.1, 0.15) is 0 Å². The largest absolute Gasteiger partial charge is 0.377 e. The van der Waals surface area contributed by atoms with Crippen molar-refractivity contribution in [2.75, 3.05) is 20.2 Å².